The Kier molecular flexibility index (Phi) is 9.64. The van der Waals surface area contributed by atoms with Crippen LogP contribution in [-0.4, -0.2) is 30.1 Å². The molecule has 2 aromatic rings. The van der Waals surface area contributed by atoms with Crippen molar-refractivity contribution in [3.63, 3.8) is 0 Å². The summed E-state index contributed by atoms with van der Waals surface area (Å²) in [5.41, 5.74) is 5.88. The molecular formula is C19H18BrCl2N3O4S. The van der Waals surface area contributed by atoms with E-state index in [-0.39, 0.29) is 23.3 Å². The molecule has 30 heavy (non-hydrogen) atoms. The van der Waals surface area contributed by atoms with Crippen molar-refractivity contribution in [2.24, 2.45) is 0 Å². The smallest absolute Gasteiger partial charge is 0.276 e. The van der Waals surface area contributed by atoms with Crippen LogP contribution in [0.4, 0.5) is 0 Å². The average Bonchev–Trinajstić information content (AvgIpc) is 2.70. The lowest BCUT2D eigenvalue weighted by atomic mass is 10.2. The van der Waals surface area contributed by atoms with Crippen molar-refractivity contribution in [3.05, 3.63) is 56.5 Å². The molecule has 2 aromatic carbocycles. The highest BCUT2D eigenvalue weighted by atomic mass is 79.9. The number of hydrogen-bond donors (Lipinski definition) is 3. The van der Waals surface area contributed by atoms with E-state index in [2.05, 4.69) is 32.1 Å². The fraction of sp³-hybridized carbons (Fsp3) is 0.211. The zero-order chi connectivity index (χ0) is 22.1. The summed E-state index contributed by atoms with van der Waals surface area (Å²) in [4.78, 5) is 23.8. The van der Waals surface area contributed by atoms with E-state index in [1.54, 1.807) is 18.2 Å². The van der Waals surface area contributed by atoms with Crippen molar-refractivity contribution in [1.29, 1.82) is 0 Å². The van der Waals surface area contributed by atoms with Crippen molar-refractivity contribution in [1.82, 2.24) is 16.2 Å². The number of hydrogen-bond acceptors (Lipinski definition) is 5. The van der Waals surface area contributed by atoms with Crippen molar-refractivity contribution in [2.45, 2.75) is 13.3 Å². The maximum absolute atomic E-state index is 11.9. The first kappa shape index (κ1) is 24.2. The number of aryl methyl sites for hydroxylation is 1. The molecule has 0 aliphatic heterocycles. The molecule has 3 N–H and O–H groups in total. The fourth-order valence-corrected chi connectivity index (χ4v) is 3.29. The zero-order valence-corrected chi connectivity index (χ0v) is 19.7. The molecule has 0 saturated heterocycles. The van der Waals surface area contributed by atoms with Gasteiger partial charge in [0, 0.05) is 5.02 Å². The van der Waals surface area contributed by atoms with Crippen LogP contribution in [0, 0.1) is 0 Å². The molecule has 0 atom stereocenters. The van der Waals surface area contributed by atoms with Crippen molar-refractivity contribution >= 4 is 68.3 Å². The highest BCUT2D eigenvalue weighted by molar-refractivity contribution is 9.10. The summed E-state index contributed by atoms with van der Waals surface area (Å²) in [5.74, 6) is -0.180. The summed E-state index contributed by atoms with van der Waals surface area (Å²) in [7, 11) is 0. The molecule has 0 spiro atoms. The predicted octanol–water partition coefficient (Wildman–Crippen LogP) is 3.80. The molecule has 0 aromatic heterocycles. The Hall–Kier alpha value is -2.07. The molecule has 2 amide bonds. The van der Waals surface area contributed by atoms with Crippen molar-refractivity contribution < 1.29 is 19.1 Å². The molecule has 2 rings (SSSR count). The molecule has 0 unspecified atom stereocenters. The second kappa shape index (κ2) is 11.9. The highest BCUT2D eigenvalue weighted by Gasteiger charge is 2.10. The summed E-state index contributed by atoms with van der Waals surface area (Å²) < 4.78 is 11.5. The van der Waals surface area contributed by atoms with Crippen LogP contribution in [0.15, 0.2) is 40.9 Å². The van der Waals surface area contributed by atoms with Gasteiger partial charge in [0.1, 0.15) is 11.5 Å². The van der Waals surface area contributed by atoms with Gasteiger partial charge in [-0.25, -0.2) is 0 Å². The van der Waals surface area contributed by atoms with Gasteiger partial charge < -0.3 is 9.47 Å². The molecule has 7 nitrogen and oxygen atoms in total. The number of halogens is 3. The van der Waals surface area contributed by atoms with Crippen LogP contribution in [0.25, 0.3) is 0 Å². The summed E-state index contributed by atoms with van der Waals surface area (Å²) in [5, 5.41) is 2.98. The molecule has 0 bridgehead atoms. The maximum Gasteiger partial charge on any atom is 0.276 e. The van der Waals surface area contributed by atoms with E-state index < -0.39 is 11.8 Å². The van der Waals surface area contributed by atoms with E-state index in [9.17, 15) is 9.59 Å². The predicted molar refractivity (Wildman–Crippen MR) is 123 cm³/mol. The van der Waals surface area contributed by atoms with Gasteiger partial charge in [0.2, 0.25) is 0 Å². The Labute approximate surface area is 197 Å². The second-order valence-electron chi connectivity index (χ2n) is 5.82. The average molecular weight is 535 g/mol. The summed E-state index contributed by atoms with van der Waals surface area (Å²) in [6.07, 6.45) is 0.893. The quantitative estimate of drug-likeness (QED) is 0.370. The number of carbonyl (C=O) groups excluding carboxylic acids is 2. The van der Waals surface area contributed by atoms with Crippen LogP contribution in [0.3, 0.4) is 0 Å². The van der Waals surface area contributed by atoms with E-state index in [0.717, 1.165) is 16.5 Å². The van der Waals surface area contributed by atoms with E-state index in [1.807, 2.05) is 19.1 Å². The molecule has 11 heteroatoms. The molecule has 0 saturated carbocycles. The van der Waals surface area contributed by atoms with E-state index in [1.165, 1.54) is 6.07 Å². The first-order valence-corrected chi connectivity index (χ1v) is 10.6. The van der Waals surface area contributed by atoms with Gasteiger partial charge in [0.05, 0.1) is 9.50 Å². The van der Waals surface area contributed by atoms with Gasteiger partial charge in [0.25, 0.3) is 11.8 Å². The number of nitrogens with one attached hydrogen (secondary N) is 3. The second-order valence-corrected chi connectivity index (χ2v) is 7.93. The third kappa shape index (κ3) is 7.98. The lowest BCUT2D eigenvalue weighted by molar-refractivity contribution is -0.124. The number of carbonyl (C=O) groups is 2. The van der Waals surface area contributed by atoms with Crippen LogP contribution in [0.2, 0.25) is 10.0 Å². The summed E-state index contributed by atoms with van der Waals surface area (Å²) >= 11 is 20.1. The Balaban J connectivity index is 1.69. The first-order chi connectivity index (χ1) is 14.3. The van der Waals surface area contributed by atoms with E-state index in [0.29, 0.717) is 16.5 Å². The summed E-state index contributed by atoms with van der Waals surface area (Å²) in [6.45, 7) is 1.47. The molecule has 0 fully saturated rings. The van der Waals surface area contributed by atoms with Gasteiger partial charge in [-0.05, 0) is 70.5 Å². The van der Waals surface area contributed by atoms with Crippen LogP contribution in [-0.2, 0) is 16.0 Å². The minimum atomic E-state index is -0.538. The molecule has 160 valence electrons. The molecule has 0 radical (unpaired) electrons. The minimum Gasteiger partial charge on any atom is -0.483 e. The molecular weight excluding hydrogens is 517 g/mol. The first-order valence-electron chi connectivity index (χ1n) is 8.66. The van der Waals surface area contributed by atoms with Gasteiger partial charge in [-0.3, -0.25) is 25.8 Å². The van der Waals surface area contributed by atoms with Gasteiger partial charge in [-0.15, -0.1) is 0 Å². The Morgan fingerprint density at radius 3 is 2.33 bits per heavy atom. The van der Waals surface area contributed by atoms with Gasteiger partial charge >= 0.3 is 0 Å². The van der Waals surface area contributed by atoms with Crippen molar-refractivity contribution in [3.8, 4) is 11.5 Å². The number of rotatable bonds is 7. The number of thiocarbonyl (C=S) groups is 1. The third-order valence-electron chi connectivity index (χ3n) is 3.58. The normalized spacial score (nSPS) is 10.1. The van der Waals surface area contributed by atoms with Crippen LogP contribution < -0.4 is 25.6 Å². The molecule has 0 heterocycles. The van der Waals surface area contributed by atoms with E-state index >= 15 is 0 Å². The van der Waals surface area contributed by atoms with Crippen LogP contribution in [0.1, 0.15) is 12.5 Å². The molecule has 0 aliphatic carbocycles. The van der Waals surface area contributed by atoms with Gasteiger partial charge in [-0.1, -0.05) is 36.2 Å². The monoisotopic (exact) mass is 533 g/mol. The maximum atomic E-state index is 11.9. The fourth-order valence-electron chi connectivity index (χ4n) is 2.12. The Morgan fingerprint density at radius 2 is 1.67 bits per heavy atom. The SMILES string of the molecule is CCc1ccc(OCC(=O)NNC(=S)NC(=O)COc2ccc(Cl)cc2Cl)c(Br)c1. The number of amides is 2. The summed E-state index contributed by atoms with van der Waals surface area (Å²) in [6, 6.07) is 10.2. The number of ether oxygens (including phenoxy) is 2. The van der Waals surface area contributed by atoms with E-state index in [4.69, 9.17) is 44.9 Å². The zero-order valence-electron chi connectivity index (χ0n) is 15.8. The standard InChI is InChI=1S/C19H18BrCl2N3O4S/c1-2-11-3-5-15(13(20)7-11)28-10-18(27)24-25-19(30)23-17(26)9-29-16-6-4-12(21)8-14(16)22/h3-8H,2,9-10H2,1H3,(H,24,27)(H2,23,25,26,30). The Morgan fingerprint density at radius 1 is 1.00 bits per heavy atom. The minimum absolute atomic E-state index is 0.104. The topological polar surface area (TPSA) is 88.7 Å². The van der Waals surface area contributed by atoms with Gasteiger partial charge in [0.15, 0.2) is 18.3 Å². The third-order valence-corrected chi connectivity index (χ3v) is 4.94. The lowest BCUT2D eigenvalue weighted by Crippen LogP contribution is -2.50. The van der Waals surface area contributed by atoms with Crippen LogP contribution in [0.5, 0.6) is 11.5 Å². The highest BCUT2D eigenvalue weighted by Crippen LogP contribution is 2.27. The molecule has 0 aliphatic rings. The van der Waals surface area contributed by atoms with Gasteiger partial charge in [-0.2, -0.15) is 0 Å². The Bertz CT molecular complexity index is 946. The van der Waals surface area contributed by atoms with Crippen LogP contribution >= 0.6 is 51.3 Å². The lowest BCUT2D eigenvalue weighted by Gasteiger charge is -2.13. The van der Waals surface area contributed by atoms with Crippen molar-refractivity contribution in [2.75, 3.05) is 13.2 Å². The number of hydrazine groups is 1. The number of benzene rings is 2. The largest absolute Gasteiger partial charge is 0.483 e.